The number of phenols is 3. The quantitative estimate of drug-likeness (QED) is 0.379. The molecule has 0 aliphatic carbocycles. The molecule has 0 aromatic heterocycles. The molecule has 0 radical (unpaired) electrons. The number of ketones is 1. The van der Waals surface area contributed by atoms with Gasteiger partial charge in [0, 0.05) is 0 Å². The van der Waals surface area contributed by atoms with Crippen LogP contribution in [0.1, 0.15) is 22.8 Å². The third kappa shape index (κ3) is 3.51. The molecule has 0 saturated heterocycles. The van der Waals surface area contributed by atoms with E-state index in [1.807, 2.05) is 0 Å². The van der Waals surface area contributed by atoms with E-state index < -0.39 is 5.78 Å². The normalized spacial score (nSPS) is 11.5. The zero-order valence-electron chi connectivity index (χ0n) is 11.5. The lowest BCUT2D eigenvalue weighted by atomic mass is 10.0. The molecule has 22 heavy (non-hydrogen) atoms. The van der Waals surface area contributed by atoms with Crippen molar-refractivity contribution in [3.05, 3.63) is 56.0 Å². The minimum Gasteiger partial charge on any atom is -0.508 e. The van der Waals surface area contributed by atoms with E-state index in [0.29, 0.717) is 20.1 Å². The maximum absolute atomic E-state index is 12.3. The van der Waals surface area contributed by atoms with Crippen LogP contribution >= 0.6 is 31.9 Å². The number of benzene rings is 2. The summed E-state index contributed by atoms with van der Waals surface area (Å²) in [5.41, 5.74) is 1.11. The summed E-state index contributed by atoms with van der Waals surface area (Å²) in [7, 11) is 0. The van der Waals surface area contributed by atoms with Gasteiger partial charge in [0.15, 0.2) is 5.78 Å². The van der Waals surface area contributed by atoms with E-state index in [-0.39, 0.29) is 22.8 Å². The van der Waals surface area contributed by atoms with Gasteiger partial charge in [-0.15, -0.1) is 0 Å². The van der Waals surface area contributed by atoms with Gasteiger partial charge in [-0.3, -0.25) is 4.79 Å². The van der Waals surface area contributed by atoms with Crippen molar-refractivity contribution < 1.29 is 20.1 Å². The Bertz CT molecular complexity index is 759. The first-order chi connectivity index (χ1) is 10.3. The Morgan fingerprint density at radius 2 is 1.64 bits per heavy atom. The van der Waals surface area contributed by atoms with Gasteiger partial charge in [0.2, 0.25) is 0 Å². The van der Waals surface area contributed by atoms with Gasteiger partial charge in [-0.05, 0) is 86.3 Å². The van der Waals surface area contributed by atoms with Crippen LogP contribution in [0.2, 0.25) is 0 Å². The van der Waals surface area contributed by atoms with Crippen LogP contribution in [-0.2, 0) is 0 Å². The van der Waals surface area contributed by atoms with E-state index in [4.69, 9.17) is 0 Å². The molecule has 2 aromatic carbocycles. The van der Waals surface area contributed by atoms with Crippen LogP contribution in [0.15, 0.2) is 44.9 Å². The number of rotatable bonds is 3. The predicted octanol–water partition coefficient (Wildman–Crippen LogP) is 4.61. The van der Waals surface area contributed by atoms with E-state index in [1.54, 1.807) is 25.1 Å². The molecule has 2 rings (SSSR count). The van der Waals surface area contributed by atoms with E-state index >= 15 is 0 Å². The van der Waals surface area contributed by atoms with Crippen LogP contribution in [0, 0.1) is 0 Å². The maximum atomic E-state index is 12.3. The number of phenolic OH excluding ortho intramolecular Hbond substituents is 3. The standard InChI is InChI=1S/C16H12Br2O4/c1-8(4-9-5-12(17)16(22)13(18)6-9)15(21)11-7-10(19)2-3-14(11)20/h2-7,19-20,22H,1H3. The molecule has 6 heteroatoms. The van der Waals surface area contributed by atoms with Gasteiger partial charge in [-0.1, -0.05) is 0 Å². The van der Waals surface area contributed by atoms with Crippen molar-refractivity contribution in [1.29, 1.82) is 0 Å². The second-order valence-corrected chi connectivity index (χ2v) is 6.40. The Morgan fingerprint density at radius 3 is 2.23 bits per heavy atom. The molecule has 0 atom stereocenters. The lowest BCUT2D eigenvalue weighted by Crippen LogP contribution is -2.01. The number of hydrogen-bond donors (Lipinski definition) is 3. The molecule has 0 unspecified atom stereocenters. The minimum atomic E-state index is -0.395. The first-order valence-electron chi connectivity index (χ1n) is 6.22. The summed E-state index contributed by atoms with van der Waals surface area (Å²) in [5, 5.41) is 28.9. The van der Waals surface area contributed by atoms with Crippen LogP contribution < -0.4 is 0 Å². The monoisotopic (exact) mass is 426 g/mol. The molecular formula is C16H12Br2O4. The molecular weight excluding hydrogens is 416 g/mol. The van der Waals surface area contributed by atoms with E-state index in [1.165, 1.54) is 18.2 Å². The lowest BCUT2D eigenvalue weighted by molar-refractivity contribution is 0.103. The molecule has 3 N–H and O–H groups in total. The summed E-state index contributed by atoms with van der Waals surface area (Å²) < 4.78 is 0.988. The highest BCUT2D eigenvalue weighted by Crippen LogP contribution is 2.34. The topological polar surface area (TPSA) is 77.8 Å². The van der Waals surface area contributed by atoms with E-state index in [9.17, 15) is 20.1 Å². The van der Waals surface area contributed by atoms with Crippen molar-refractivity contribution in [2.75, 3.05) is 0 Å². The fraction of sp³-hybridized carbons (Fsp3) is 0.0625. The maximum Gasteiger partial charge on any atom is 0.192 e. The predicted molar refractivity (Wildman–Crippen MR) is 91.3 cm³/mol. The highest BCUT2D eigenvalue weighted by molar-refractivity contribution is 9.11. The Hall–Kier alpha value is -1.79. The number of halogens is 2. The minimum absolute atomic E-state index is 0.0330. The second-order valence-electron chi connectivity index (χ2n) is 4.69. The molecule has 0 heterocycles. The number of carbonyl (C=O) groups is 1. The number of allylic oxidation sites excluding steroid dienone is 1. The number of aromatic hydroxyl groups is 3. The first kappa shape index (κ1) is 16.6. The molecule has 0 amide bonds. The average molecular weight is 428 g/mol. The SMILES string of the molecule is CC(=Cc1cc(Br)c(O)c(Br)c1)C(=O)c1cc(O)ccc1O. The molecule has 2 aromatic rings. The van der Waals surface area contributed by atoms with Crippen LogP contribution in [0.4, 0.5) is 0 Å². The molecule has 0 saturated carbocycles. The lowest BCUT2D eigenvalue weighted by Gasteiger charge is -2.06. The van der Waals surface area contributed by atoms with Gasteiger partial charge >= 0.3 is 0 Å². The van der Waals surface area contributed by atoms with Crippen LogP contribution in [-0.4, -0.2) is 21.1 Å². The van der Waals surface area contributed by atoms with Gasteiger partial charge in [0.1, 0.15) is 17.2 Å². The van der Waals surface area contributed by atoms with E-state index in [2.05, 4.69) is 31.9 Å². The molecule has 0 spiro atoms. The first-order valence-corrected chi connectivity index (χ1v) is 7.81. The highest BCUT2D eigenvalue weighted by atomic mass is 79.9. The fourth-order valence-electron chi connectivity index (χ4n) is 1.90. The summed E-state index contributed by atoms with van der Waals surface area (Å²) in [5.74, 6) is -0.604. The van der Waals surface area contributed by atoms with Gasteiger partial charge in [0.25, 0.3) is 0 Å². The Labute approximate surface area is 144 Å². The average Bonchev–Trinajstić information content (AvgIpc) is 2.46. The second kappa shape index (κ2) is 6.54. The number of Topliss-reactive ketones (excluding diaryl/α,β-unsaturated/α-hetero) is 1. The number of hydrogen-bond acceptors (Lipinski definition) is 4. The van der Waals surface area contributed by atoms with Gasteiger partial charge in [0.05, 0.1) is 14.5 Å². The van der Waals surface area contributed by atoms with Crippen LogP contribution in [0.5, 0.6) is 17.2 Å². The molecule has 0 bridgehead atoms. The van der Waals surface area contributed by atoms with Crippen molar-refractivity contribution in [2.24, 2.45) is 0 Å². The molecule has 0 aliphatic heterocycles. The highest BCUT2D eigenvalue weighted by Gasteiger charge is 2.14. The smallest absolute Gasteiger partial charge is 0.192 e. The summed E-state index contributed by atoms with van der Waals surface area (Å²) in [6, 6.07) is 7.12. The fourth-order valence-corrected chi connectivity index (χ4v) is 3.12. The van der Waals surface area contributed by atoms with Crippen molar-refractivity contribution in [3.8, 4) is 17.2 Å². The third-order valence-corrected chi connectivity index (χ3v) is 4.21. The largest absolute Gasteiger partial charge is 0.508 e. The van der Waals surface area contributed by atoms with Crippen molar-refractivity contribution in [3.63, 3.8) is 0 Å². The summed E-state index contributed by atoms with van der Waals surface area (Å²) in [4.78, 5) is 12.3. The Balaban J connectivity index is 2.40. The van der Waals surface area contributed by atoms with Gasteiger partial charge in [-0.25, -0.2) is 0 Å². The Kier molecular flexibility index (Phi) is 4.93. The third-order valence-electron chi connectivity index (χ3n) is 3.01. The van der Waals surface area contributed by atoms with Crippen molar-refractivity contribution in [1.82, 2.24) is 0 Å². The van der Waals surface area contributed by atoms with Crippen LogP contribution in [0.25, 0.3) is 6.08 Å². The van der Waals surface area contributed by atoms with Crippen molar-refractivity contribution in [2.45, 2.75) is 6.92 Å². The zero-order valence-corrected chi connectivity index (χ0v) is 14.6. The summed E-state index contributed by atoms with van der Waals surface area (Å²) >= 11 is 6.45. The molecule has 0 fully saturated rings. The summed E-state index contributed by atoms with van der Waals surface area (Å²) in [6.07, 6.45) is 1.63. The molecule has 4 nitrogen and oxygen atoms in total. The zero-order chi connectivity index (χ0) is 16.4. The summed E-state index contributed by atoms with van der Waals surface area (Å²) in [6.45, 7) is 1.61. The van der Waals surface area contributed by atoms with Crippen molar-refractivity contribution >= 4 is 43.7 Å². The van der Waals surface area contributed by atoms with Gasteiger partial charge < -0.3 is 15.3 Å². The Morgan fingerprint density at radius 1 is 1.05 bits per heavy atom. The van der Waals surface area contributed by atoms with Crippen LogP contribution in [0.3, 0.4) is 0 Å². The molecule has 114 valence electrons. The number of carbonyl (C=O) groups excluding carboxylic acids is 1. The molecule has 0 aliphatic rings. The van der Waals surface area contributed by atoms with E-state index in [0.717, 1.165) is 0 Å². The van der Waals surface area contributed by atoms with Gasteiger partial charge in [-0.2, -0.15) is 0 Å².